The van der Waals surface area contributed by atoms with Crippen LogP contribution >= 0.6 is 0 Å². The van der Waals surface area contributed by atoms with Gasteiger partial charge in [-0.25, -0.2) is 14.8 Å². The van der Waals surface area contributed by atoms with Crippen molar-refractivity contribution in [3.63, 3.8) is 0 Å². The van der Waals surface area contributed by atoms with Crippen LogP contribution in [0.25, 0.3) is 0 Å². The van der Waals surface area contributed by atoms with Crippen molar-refractivity contribution < 1.29 is 23.9 Å². The molecule has 5 heterocycles. The van der Waals surface area contributed by atoms with E-state index in [1.165, 1.54) is 18.2 Å². The van der Waals surface area contributed by atoms with Gasteiger partial charge in [0, 0.05) is 58.1 Å². The quantitative estimate of drug-likeness (QED) is 0.552. The van der Waals surface area contributed by atoms with Crippen molar-refractivity contribution in [2.75, 3.05) is 43.6 Å². The Kier molecular flexibility index (Phi) is 7.62. The first-order chi connectivity index (χ1) is 18.5. The van der Waals surface area contributed by atoms with Crippen LogP contribution in [-0.2, 0) is 33.7 Å². The first-order valence-electron chi connectivity index (χ1n) is 12.9. The Labute approximate surface area is 220 Å². The molecular formula is C27H30N6O5. The molecule has 0 aliphatic carbocycles. The van der Waals surface area contributed by atoms with Crippen LogP contribution in [0.4, 0.5) is 16.4 Å². The number of rotatable bonds is 7. The highest BCUT2D eigenvalue weighted by Gasteiger charge is 2.33. The number of likely N-dealkylation sites (tertiary alicyclic amines) is 1. The largest absolute Gasteiger partial charge is 0.381 e. The van der Waals surface area contributed by atoms with Gasteiger partial charge in [0.25, 0.3) is 5.91 Å². The first kappa shape index (κ1) is 25.8. The van der Waals surface area contributed by atoms with E-state index in [1.54, 1.807) is 11.0 Å². The Bertz CT molecular complexity index is 1290. The number of methoxy groups -OCH3 is 1. The minimum atomic E-state index is -0.456. The minimum Gasteiger partial charge on any atom is -0.381 e. The van der Waals surface area contributed by atoms with Crippen molar-refractivity contribution in [2.45, 2.75) is 44.8 Å². The van der Waals surface area contributed by atoms with Gasteiger partial charge in [-0.05, 0) is 54.9 Å². The van der Waals surface area contributed by atoms with E-state index < -0.39 is 12.1 Å². The molecule has 2 aromatic rings. The molecule has 198 valence electrons. The van der Waals surface area contributed by atoms with Crippen LogP contribution in [0.5, 0.6) is 0 Å². The van der Waals surface area contributed by atoms with E-state index >= 15 is 0 Å². The third kappa shape index (κ3) is 5.23. The molecule has 2 atom stereocenters. The zero-order valence-electron chi connectivity index (χ0n) is 21.3. The third-order valence-electron chi connectivity index (χ3n) is 7.40. The molecule has 11 nitrogen and oxygen atoms in total. The van der Waals surface area contributed by atoms with Gasteiger partial charge >= 0.3 is 6.03 Å². The van der Waals surface area contributed by atoms with Crippen molar-refractivity contribution in [3.8, 4) is 6.07 Å². The summed E-state index contributed by atoms with van der Waals surface area (Å²) < 4.78 is 10.7. The summed E-state index contributed by atoms with van der Waals surface area (Å²) in [4.78, 5) is 49.8. The van der Waals surface area contributed by atoms with Crippen LogP contribution < -0.4 is 10.2 Å². The average Bonchev–Trinajstić information content (AvgIpc) is 3.57. The molecular weight excluding hydrogens is 488 g/mol. The zero-order valence-corrected chi connectivity index (χ0v) is 21.3. The number of fused-ring (bicyclic) bond motifs is 1. The summed E-state index contributed by atoms with van der Waals surface area (Å²) in [7, 11) is 1.52. The number of hydrogen-bond acceptors (Lipinski definition) is 8. The number of amides is 3. The van der Waals surface area contributed by atoms with Crippen molar-refractivity contribution in [1.82, 2.24) is 14.9 Å². The van der Waals surface area contributed by atoms with Gasteiger partial charge < -0.3 is 14.4 Å². The fraction of sp³-hybridized carbons (Fsp3) is 0.481. The predicted molar refractivity (Wildman–Crippen MR) is 137 cm³/mol. The minimum absolute atomic E-state index is 0.0992. The number of nitrogens with one attached hydrogen (secondary N) is 1. The standard InChI is InChI=1S/C27H30N6O5/c1-37-23-4-7-32(26(23)35)14-20-10-18-3-2-6-33(25(18)30-22(20)15-34)27(36)31-24-11-19(21(12-28)13-29-24)9-17-5-8-38-16-17/h10-11,13,15,17,23H,2-9,14,16H2,1H3,(H,29,31,36)/t17-,23-/m1/s1. The molecule has 3 aliphatic heterocycles. The summed E-state index contributed by atoms with van der Waals surface area (Å²) in [6.45, 7) is 2.63. The fourth-order valence-electron chi connectivity index (χ4n) is 5.34. The molecule has 0 bridgehead atoms. The van der Waals surface area contributed by atoms with Gasteiger partial charge in [0.05, 0.1) is 5.56 Å². The smallest absolute Gasteiger partial charge is 0.328 e. The molecule has 0 spiro atoms. The Balaban J connectivity index is 1.34. The van der Waals surface area contributed by atoms with Gasteiger partial charge in [-0.3, -0.25) is 19.8 Å². The highest BCUT2D eigenvalue weighted by atomic mass is 16.5. The van der Waals surface area contributed by atoms with E-state index in [-0.39, 0.29) is 18.1 Å². The summed E-state index contributed by atoms with van der Waals surface area (Å²) in [5, 5.41) is 12.3. The molecule has 0 radical (unpaired) electrons. The lowest BCUT2D eigenvalue weighted by Crippen LogP contribution is -2.40. The van der Waals surface area contributed by atoms with Crippen molar-refractivity contribution in [1.29, 1.82) is 5.26 Å². The molecule has 5 rings (SSSR count). The summed E-state index contributed by atoms with van der Waals surface area (Å²) in [6, 6.07) is 5.39. The fourth-order valence-corrected chi connectivity index (χ4v) is 5.34. The van der Waals surface area contributed by atoms with E-state index in [2.05, 4.69) is 21.4 Å². The summed E-state index contributed by atoms with van der Waals surface area (Å²) in [5.74, 6) is 1.01. The van der Waals surface area contributed by atoms with Crippen LogP contribution in [-0.4, -0.2) is 72.6 Å². The number of ether oxygens (including phenoxy) is 2. The second-order valence-corrected chi connectivity index (χ2v) is 9.86. The number of urea groups is 1. The number of carbonyl (C=O) groups is 3. The molecule has 3 amide bonds. The van der Waals surface area contributed by atoms with Crippen molar-refractivity contribution >= 4 is 29.9 Å². The maximum atomic E-state index is 13.3. The Morgan fingerprint density at radius 3 is 2.89 bits per heavy atom. The highest BCUT2D eigenvalue weighted by molar-refractivity contribution is 6.01. The zero-order chi connectivity index (χ0) is 26.6. The van der Waals surface area contributed by atoms with Crippen LogP contribution in [0.2, 0.25) is 0 Å². The van der Waals surface area contributed by atoms with Gasteiger partial charge in [0.1, 0.15) is 29.5 Å². The number of aryl methyl sites for hydroxylation is 1. The van der Waals surface area contributed by atoms with Crippen LogP contribution in [0.3, 0.4) is 0 Å². The monoisotopic (exact) mass is 518 g/mol. The maximum absolute atomic E-state index is 13.3. The Morgan fingerprint density at radius 2 is 2.18 bits per heavy atom. The number of anilines is 2. The molecule has 2 saturated heterocycles. The van der Waals surface area contributed by atoms with Crippen LogP contribution in [0, 0.1) is 17.2 Å². The molecule has 0 aromatic carbocycles. The molecule has 2 fully saturated rings. The van der Waals surface area contributed by atoms with Gasteiger partial charge in [0.2, 0.25) is 0 Å². The maximum Gasteiger partial charge on any atom is 0.328 e. The predicted octanol–water partition coefficient (Wildman–Crippen LogP) is 2.47. The molecule has 0 saturated carbocycles. The molecule has 11 heteroatoms. The van der Waals surface area contributed by atoms with E-state index in [9.17, 15) is 19.6 Å². The lowest BCUT2D eigenvalue weighted by molar-refractivity contribution is -0.136. The van der Waals surface area contributed by atoms with Crippen LogP contribution in [0.15, 0.2) is 18.3 Å². The summed E-state index contributed by atoms with van der Waals surface area (Å²) >= 11 is 0. The first-order valence-corrected chi connectivity index (χ1v) is 12.9. The Morgan fingerprint density at radius 1 is 1.32 bits per heavy atom. The number of nitriles is 1. The molecule has 38 heavy (non-hydrogen) atoms. The van der Waals surface area contributed by atoms with Gasteiger partial charge in [-0.1, -0.05) is 0 Å². The van der Waals surface area contributed by atoms with Gasteiger partial charge in [0.15, 0.2) is 6.29 Å². The number of hydrogen-bond donors (Lipinski definition) is 1. The normalized spacial score (nSPS) is 20.8. The second kappa shape index (κ2) is 11.2. The summed E-state index contributed by atoms with van der Waals surface area (Å²) in [6.07, 6.45) is 5.34. The summed E-state index contributed by atoms with van der Waals surface area (Å²) in [5.41, 5.74) is 3.01. The second-order valence-electron chi connectivity index (χ2n) is 9.86. The van der Waals surface area contributed by atoms with E-state index in [0.717, 1.165) is 30.6 Å². The SMILES string of the molecule is CO[C@@H]1CCN(Cc2cc3c(nc2C=O)N(C(=O)Nc2cc(C[C@H]4CCOC4)c(C#N)cn2)CCC3)C1=O. The van der Waals surface area contributed by atoms with Crippen molar-refractivity contribution in [2.24, 2.45) is 5.92 Å². The van der Waals surface area contributed by atoms with Gasteiger partial charge in [-0.2, -0.15) is 5.26 Å². The lowest BCUT2D eigenvalue weighted by Gasteiger charge is -2.29. The Hall–Kier alpha value is -3.88. The van der Waals surface area contributed by atoms with Crippen molar-refractivity contribution in [3.05, 3.63) is 46.3 Å². The molecule has 1 N–H and O–H groups in total. The topological polar surface area (TPSA) is 138 Å². The molecule has 0 unspecified atom stereocenters. The molecule has 3 aliphatic rings. The van der Waals surface area contributed by atoms with Crippen LogP contribution in [0.1, 0.15) is 52.0 Å². The molecule has 2 aromatic heterocycles. The van der Waals surface area contributed by atoms with E-state index in [0.29, 0.717) is 73.9 Å². The number of aldehydes is 1. The highest BCUT2D eigenvalue weighted by Crippen LogP contribution is 2.29. The number of aromatic nitrogens is 2. The van der Waals surface area contributed by atoms with Gasteiger partial charge in [-0.15, -0.1) is 0 Å². The van der Waals surface area contributed by atoms with E-state index in [1.807, 2.05) is 6.07 Å². The lowest BCUT2D eigenvalue weighted by atomic mass is 9.96. The number of carbonyl (C=O) groups excluding carboxylic acids is 3. The van der Waals surface area contributed by atoms with E-state index in [4.69, 9.17) is 9.47 Å². The average molecular weight is 519 g/mol. The number of nitrogens with zero attached hydrogens (tertiary/aromatic N) is 5. The third-order valence-corrected chi connectivity index (χ3v) is 7.40. The number of pyridine rings is 2.